The van der Waals surface area contributed by atoms with E-state index in [4.69, 9.17) is 126 Å². The molecule has 2 atom stereocenters. The van der Waals surface area contributed by atoms with Crippen LogP contribution < -0.4 is 46.7 Å². The third-order valence-electron chi connectivity index (χ3n) is 23.1. The van der Waals surface area contributed by atoms with Crippen LogP contribution in [0.3, 0.4) is 0 Å². The van der Waals surface area contributed by atoms with Gasteiger partial charge in [0.25, 0.3) is 0 Å². The molecule has 46 heteroatoms. The number of nitrogens with two attached hydrogens (primary N) is 3. The van der Waals surface area contributed by atoms with Crippen LogP contribution in [0.4, 0.5) is 73.4 Å². The molecule has 4 saturated heterocycles. The topological polar surface area (TPSA) is 340 Å². The van der Waals surface area contributed by atoms with E-state index in [0.717, 1.165) is 124 Å². The largest absolute Gasteiger partial charge is 0.496 e. The van der Waals surface area contributed by atoms with Gasteiger partial charge in [-0.1, -0.05) is 150 Å². The van der Waals surface area contributed by atoms with Crippen molar-refractivity contribution in [2.24, 2.45) is 0 Å². The highest BCUT2D eigenvalue weighted by molar-refractivity contribution is 14.1. The molecule has 4 aliphatic rings. The Bertz CT molecular complexity index is 6810. The highest BCUT2D eigenvalue weighted by atomic mass is 127. The van der Waals surface area contributed by atoms with Crippen LogP contribution >= 0.6 is 92.2 Å². The number of aromatic nitrogens is 13. The van der Waals surface area contributed by atoms with Gasteiger partial charge in [0.2, 0.25) is 5.24 Å². The number of allylic oxidation sites excluding steroid dienone is 1. The summed E-state index contributed by atoms with van der Waals surface area (Å²) in [6.45, 7) is 22.4. The second-order valence-corrected chi connectivity index (χ2v) is 37.2. The molecule has 13 heterocycles. The molecule has 774 valence electrons. The molecule has 4 aliphatic heterocycles. The summed E-state index contributed by atoms with van der Waals surface area (Å²) in [5.41, 5.74) is 19.2. The van der Waals surface area contributed by atoms with E-state index >= 15 is 8.78 Å². The number of para-hydroxylation sites is 2. The van der Waals surface area contributed by atoms with Gasteiger partial charge in [-0.05, 0) is 198 Å². The van der Waals surface area contributed by atoms with E-state index < -0.39 is 70.3 Å². The average Bonchev–Trinajstić information content (AvgIpc) is 1.59. The number of methoxy groups -OCH3 is 3. The molecular weight excluding hydrogens is 2140 g/mol. The van der Waals surface area contributed by atoms with Gasteiger partial charge in [-0.25, -0.2) is 78.6 Å². The van der Waals surface area contributed by atoms with Crippen LogP contribution in [0.15, 0.2) is 183 Å². The van der Waals surface area contributed by atoms with Crippen LogP contribution in [-0.4, -0.2) is 199 Å². The molecule has 6 aromatic carbocycles. The van der Waals surface area contributed by atoms with Crippen molar-refractivity contribution >= 4 is 179 Å². The zero-order chi connectivity index (χ0) is 106. The van der Waals surface area contributed by atoms with Gasteiger partial charge >= 0.3 is 13.2 Å². The highest BCUT2D eigenvalue weighted by Gasteiger charge is 2.42. The molecule has 0 spiro atoms. The normalized spacial score (nSPS) is 14.0. The first kappa shape index (κ1) is 114. The Balaban J connectivity index is 0.000000169. The number of carbonyl (C=O) groups is 2. The van der Waals surface area contributed by atoms with Crippen LogP contribution in [0.25, 0.3) is 66.7 Å². The van der Waals surface area contributed by atoms with Gasteiger partial charge in [0.15, 0.2) is 57.8 Å². The molecule has 29 nitrogen and oxygen atoms in total. The third kappa shape index (κ3) is 28.0. The fourth-order valence-corrected chi connectivity index (χ4v) is 17.8. The third-order valence-corrected chi connectivity index (χ3v) is 26.0. The first-order valence-corrected chi connectivity index (χ1v) is 49.3. The number of hydrogen-bond acceptors (Lipinski definition) is 24. The van der Waals surface area contributed by atoms with Crippen LogP contribution in [-0.2, 0) is 9.53 Å². The van der Waals surface area contributed by atoms with Crippen molar-refractivity contribution < 1.29 is 78.1 Å². The number of nitrogens with zero attached hydrogens (tertiary/aromatic N) is 18. The van der Waals surface area contributed by atoms with Gasteiger partial charge in [0.05, 0.1) is 90.1 Å². The molecule has 2 unspecified atom stereocenters. The lowest BCUT2D eigenvalue weighted by Crippen LogP contribution is -2.55. The summed E-state index contributed by atoms with van der Waals surface area (Å²) in [6, 6.07) is 34.5. The number of piperazine rings is 1. The number of halogens is 16. The number of piperidine rings is 3. The minimum absolute atomic E-state index is 0.00234. The van der Waals surface area contributed by atoms with E-state index in [-0.39, 0.29) is 128 Å². The number of rotatable bonds is 15. The maximum absolute atomic E-state index is 15.3. The standard InChI is InChI=1S/C28H37N9O2.2C19H18ClF2N3O.C12H9ClF2N2O.C7H8BFO2.C5H3ClFIN2.C5H4ClFN2.C3H3ClO.C2H6/c1-28(2,3)39-27(38)35-19-17-34(18-20-35)26(37-24-14-8-6-12-22(24)30-32-37)25(33-15-9-4-10-16-33)36-23-13-7-5-11-21(23)29-31-36;2*1-26-14-7-5-6-13(21)17(14)16-12(20)11-25-15(10-23-19(25)18(16)22)24-8-3-2-4-9-24;1-18-8-4-2-3-7(14)10(8)9-6(13)5-17-12(16)11(9)15;1-5-3-2-4-6(9)7(5)8(10)11;6-2-1-10-5(9)3(7)4(2)8;6-3-1-4(7)5(8)9-2-3;1-2-3(4)5;1-2/h5-8,11-14,25-26H,4,9-10,15-20H2,1-3H3;2*5-7,10-11H,2-4,8-9H2,1H3;2-5H,1H3,(H2,16,17);2-4,10-11H,1H3;1H,(H2,9,10);1-2H,(H2,8,9);2H,1H2;1-2H3. The first-order valence-electron chi connectivity index (χ1n) is 46.0. The van der Waals surface area contributed by atoms with E-state index in [1.54, 1.807) is 86.2 Å². The van der Waals surface area contributed by atoms with Gasteiger partial charge in [0.1, 0.15) is 81.1 Å². The van der Waals surface area contributed by atoms with E-state index in [9.17, 15) is 40.3 Å². The number of hydrogen-bond donors (Lipinski definition) is 5. The number of likely N-dealkylation sites (tertiary alicyclic amines) is 1. The molecule has 15 aromatic rings. The lowest BCUT2D eigenvalue weighted by Gasteiger charge is -2.45. The van der Waals surface area contributed by atoms with Gasteiger partial charge in [-0.15, -0.1) is 10.2 Å². The Labute approximate surface area is 880 Å². The summed E-state index contributed by atoms with van der Waals surface area (Å²) in [5, 5.41) is 36.1. The Morgan fingerprint density at radius 3 is 1.23 bits per heavy atom. The number of pyridine rings is 5. The summed E-state index contributed by atoms with van der Waals surface area (Å²) in [7, 11) is 2.45. The molecule has 0 saturated carbocycles. The van der Waals surface area contributed by atoms with Crippen molar-refractivity contribution in [3.63, 3.8) is 0 Å². The van der Waals surface area contributed by atoms with Crippen LogP contribution in [0.5, 0.6) is 17.2 Å². The van der Waals surface area contributed by atoms with Crippen molar-refractivity contribution in [3.8, 4) is 50.6 Å². The number of aryl methyl sites for hydroxylation is 1. The number of fused-ring (bicyclic) bond motifs is 4. The van der Waals surface area contributed by atoms with E-state index in [1.165, 1.54) is 114 Å². The molecule has 8 N–H and O–H groups in total. The van der Waals surface area contributed by atoms with E-state index in [2.05, 4.69) is 78.1 Å². The number of anilines is 5. The molecular formula is C100H106BCl6F9IN21O8. The SMILES string of the molecule is C=CC(=O)Cl.CC.CC(C)(C)OC(=O)N1CCN(C(C(N2CCCCC2)n2nnc3ccccc32)n2nnc3ccccc32)CC1.COc1cccc(F)c1-c1c(Cl)cn2c(N3CCCCC3)cnc2c1F.COc1cccc(F)c1-c1c(Cl)cn2c(N3CCCCC3)cnc2c1F.COc1cccc(F)c1-c1c(Cl)cnc(N)c1F.Cc1cccc(F)c1B(O)O.Nc1ncc(Cl)c(I)c1F.Nc1ncc(Cl)cc1F. The Kier molecular flexibility index (Phi) is 41.7. The van der Waals surface area contributed by atoms with Gasteiger partial charge < -0.3 is 60.9 Å². The zero-order valence-electron chi connectivity index (χ0n) is 80.8. The van der Waals surface area contributed by atoms with Crippen molar-refractivity contribution in [2.75, 3.05) is 114 Å². The number of nitrogen functional groups attached to an aromatic ring is 3. The molecule has 0 bridgehead atoms. The van der Waals surface area contributed by atoms with E-state index in [0.29, 0.717) is 35.3 Å². The van der Waals surface area contributed by atoms with Crippen LogP contribution in [0.2, 0.25) is 25.1 Å². The maximum Gasteiger partial charge on any atom is 0.491 e. The highest BCUT2D eigenvalue weighted by Crippen LogP contribution is 2.46. The molecule has 19 rings (SSSR count). The van der Waals surface area contributed by atoms with Gasteiger partial charge in [-0.3, -0.25) is 23.4 Å². The Hall–Kier alpha value is -12.2. The fourth-order valence-electron chi connectivity index (χ4n) is 16.3. The molecule has 146 heavy (non-hydrogen) atoms. The first-order chi connectivity index (χ1) is 69.9. The molecule has 1 amide bonds. The smallest absolute Gasteiger partial charge is 0.491 e. The van der Waals surface area contributed by atoms with Gasteiger partial charge in [-0.2, -0.15) is 0 Å². The molecule has 0 radical (unpaired) electrons. The second-order valence-electron chi connectivity index (χ2n) is 33.6. The number of imidazole rings is 2. The van der Waals surface area contributed by atoms with Gasteiger partial charge in [0, 0.05) is 119 Å². The van der Waals surface area contributed by atoms with Crippen molar-refractivity contribution in [1.82, 2.24) is 78.4 Å². The average molecular weight is 2250 g/mol. The van der Waals surface area contributed by atoms with E-state index in [1.807, 2.05) is 75.7 Å². The van der Waals surface area contributed by atoms with Crippen molar-refractivity contribution in [1.29, 1.82) is 0 Å². The minimum atomic E-state index is -1.73. The predicted octanol–water partition coefficient (Wildman–Crippen LogP) is 22.3. The lowest BCUT2D eigenvalue weighted by molar-refractivity contribution is -0.107. The van der Waals surface area contributed by atoms with Crippen LogP contribution in [0.1, 0.15) is 110 Å². The zero-order valence-corrected chi connectivity index (χ0v) is 87.5. The monoisotopic (exact) mass is 2250 g/mol. The van der Waals surface area contributed by atoms with Crippen LogP contribution in [0, 0.1) is 62.8 Å². The Morgan fingerprint density at radius 1 is 0.466 bits per heavy atom. The predicted molar refractivity (Wildman–Crippen MR) is 563 cm³/mol. The maximum atomic E-state index is 15.3. The molecule has 0 aliphatic carbocycles. The summed E-state index contributed by atoms with van der Waals surface area (Å²) in [6.07, 6.45) is 20.9. The minimum Gasteiger partial charge on any atom is -0.496 e. The summed E-state index contributed by atoms with van der Waals surface area (Å²) < 4.78 is 154. The quantitative estimate of drug-likeness (QED) is 0.0209. The fraction of sp³-hybridized carbons (Fsp3) is 0.310. The summed E-state index contributed by atoms with van der Waals surface area (Å²) in [5.74, 6) is -4.14. The number of carbonyl (C=O) groups excluding carboxylic acids is 2. The second kappa shape index (κ2) is 53.4. The number of benzene rings is 6. The Morgan fingerprint density at radius 2 is 0.849 bits per heavy atom. The summed E-state index contributed by atoms with van der Waals surface area (Å²) >= 11 is 36.0. The summed E-state index contributed by atoms with van der Waals surface area (Å²) in [4.78, 5) is 52.3. The number of ether oxygens (including phenoxy) is 4. The van der Waals surface area contributed by atoms with Crippen molar-refractivity contribution in [2.45, 2.75) is 117 Å². The molecule has 9 aromatic heterocycles. The lowest BCUT2D eigenvalue weighted by atomic mass is 9.77. The van der Waals surface area contributed by atoms with Crippen molar-refractivity contribution in [3.05, 3.63) is 270 Å². The number of amides is 1. The molecule has 4 fully saturated rings.